The Balaban J connectivity index is 1.32. The van der Waals surface area contributed by atoms with Crippen molar-refractivity contribution in [2.24, 2.45) is 7.05 Å². The Hall–Kier alpha value is -3.58. The van der Waals surface area contributed by atoms with Crippen LogP contribution in [0.2, 0.25) is 0 Å². The topological polar surface area (TPSA) is 75.6 Å². The minimum atomic E-state index is -0.212. The smallest absolute Gasteiger partial charge is 0.255 e. The third kappa shape index (κ3) is 5.00. The lowest BCUT2D eigenvalue weighted by Crippen LogP contribution is -2.33. The van der Waals surface area contributed by atoms with Crippen LogP contribution in [0.25, 0.3) is 0 Å². The quantitative estimate of drug-likeness (QED) is 0.590. The Morgan fingerprint density at radius 2 is 1.69 bits per heavy atom. The molecule has 7 heteroatoms. The summed E-state index contributed by atoms with van der Waals surface area (Å²) in [5.41, 5.74) is 3.11. The summed E-state index contributed by atoms with van der Waals surface area (Å²) >= 11 is 0. The fraction of sp³-hybridized carbons (Fsp3) is 0.280. The number of nitrogens with one attached hydrogen (secondary N) is 2. The summed E-state index contributed by atoms with van der Waals surface area (Å²) in [6, 6.07) is 18.5. The number of carbonyl (C=O) groups excluding carboxylic acids is 2. The van der Waals surface area contributed by atoms with Crippen LogP contribution in [0.1, 0.15) is 34.9 Å². The van der Waals surface area contributed by atoms with Gasteiger partial charge in [-0.15, -0.1) is 0 Å². The van der Waals surface area contributed by atoms with Crippen molar-refractivity contribution in [1.29, 1.82) is 0 Å². The summed E-state index contributed by atoms with van der Waals surface area (Å²) in [5.74, 6) is 0.462. The molecule has 1 unspecified atom stereocenters. The van der Waals surface area contributed by atoms with Crippen molar-refractivity contribution in [2.45, 2.75) is 18.9 Å². The number of carbonyl (C=O) groups is 2. The molecule has 32 heavy (non-hydrogen) atoms. The van der Waals surface area contributed by atoms with Gasteiger partial charge in [-0.05, 0) is 80.1 Å². The van der Waals surface area contributed by atoms with E-state index < -0.39 is 0 Å². The van der Waals surface area contributed by atoms with Crippen LogP contribution in [0.4, 0.5) is 11.4 Å². The molecule has 1 aromatic heterocycles. The summed E-state index contributed by atoms with van der Waals surface area (Å²) in [5, 5.41) is 5.80. The van der Waals surface area contributed by atoms with Gasteiger partial charge >= 0.3 is 0 Å². The lowest BCUT2D eigenvalue weighted by atomic mass is 10.1. The normalized spacial score (nSPS) is 16.0. The van der Waals surface area contributed by atoms with E-state index >= 15 is 0 Å². The van der Waals surface area contributed by atoms with Gasteiger partial charge in [0, 0.05) is 35.9 Å². The van der Waals surface area contributed by atoms with Gasteiger partial charge in [0.15, 0.2) is 0 Å². The van der Waals surface area contributed by atoms with Gasteiger partial charge in [-0.1, -0.05) is 0 Å². The summed E-state index contributed by atoms with van der Waals surface area (Å²) in [6.07, 6.45) is 4.18. The maximum absolute atomic E-state index is 12.6. The zero-order valence-corrected chi connectivity index (χ0v) is 18.4. The first kappa shape index (κ1) is 21.6. The Bertz CT molecular complexity index is 1070. The SMILES string of the molecule is COc1ccc(NC(=O)c2ccc(NC(=O)CN3CCCC3c3cccn3C)cc2)cc1. The van der Waals surface area contributed by atoms with E-state index in [2.05, 4.69) is 26.2 Å². The summed E-state index contributed by atoms with van der Waals surface area (Å²) in [7, 11) is 3.64. The maximum atomic E-state index is 12.6. The number of amides is 2. The Kier molecular flexibility index (Phi) is 6.56. The molecule has 1 aliphatic rings. The number of aromatic nitrogens is 1. The van der Waals surface area contributed by atoms with Crippen LogP contribution in [0.3, 0.4) is 0 Å². The Morgan fingerprint density at radius 1 is 1.00 bits per heavy atom. The highest BCUT2D eigenvalue weighted by molar-refractivity contribution is 6.04. The van der Waals surface area contributed by atoms with E-state index in [1.807, 2.05) is 19.3 Å². The molecule has 1 atom stereocenters. The molecule has 2 amide bonds. The van der Waals surface area contributed by atoms with Crippen molar-refractivity contribution in [3.8, 4) is 5.75 Å². The Morgan fingerprint density at radius 3 is 2.34 bits per heavy atom. The number of nitrogens with zero attached hydrogens (tertiary/aromatic N) is 2. The second-order valence-electron chi connectivity index (χ2n) is 7.98. The molecule has 2 heterocycles. The van der Waals surface area contributed by atoms with Crippen molar-refractivity contribution in [1.82, 2.24) is 9.47 Å². The van der Waals surface area contributed by atoms with Crippen LogP contribution < -0.4 is 15.4 Å². The highest BCUT2D eigenvalue weighted by Crippen LogP contribution is 2.31. The summed E-state index contributed by atoms with van der Waals surface area (Å²) in [6.45, 7) is 1.25. The van der Waals surface area contributed by atoms with Crippen LogP contribution >= 0.6 is 0 Å². The molecule has 3 aromatic rings. The lowest BCUT2D eigenvalue weighted by Gasteiger charge is -2.24. The van der Waals surface area contributed by atoms with Crippen molar-refractivity contribution >= 4 is 23.2 Å². The average Bonchev–Trinajstić information content (AvgIpc) is 3.42. The Labute approximate surface area is 188 Å². The van der Waals surface area contributed by atoms with Gasteiger partial charge in [0.25, 0.3) is 5.91 Å². The molecule has 0 radical (unpaired) electrons. The third-order valence-electron chi connectivity index (χ3n) is 5.81. The van der Waals surface area contributed by atoms with E-state index in [1.165, 1.54) is 5.69 Å². The highest BCUT2D eigenvalue weighted by atomic mass is 16.5. The zero-order valence-electron chi connectivity index (χ0n) is 18.4. The number of likely N-dealkylation sites (tertiary alicyclic amines) is 1. The predicted octanol–water partition coefficient (Wildman–Crippen LogP) is 4.06. The monoisotopic (exact) mass is 432 g/mol. The molecule has 0 spiro atoms. The zero-order chi connectivity index (χ0) is 22.5. The number of benzene rings is 2. The number of rotatable bonds is 7. The molecule has 0 bridgehead atoms. The number of ether oxygens (including phenoxy) is 1. The number of methoxy groups -OCH3 is 1. The molecule has 166 valence electrons. The van der Waals surface area contributed by atoms with Gasteiger partial charge in [0.05, 0.1) is 19.7 Å². The van der Waals surface area contributed by atoms with Crippen LogP contribution in [0.15, 0.2) is 66.9 Å². The predicted molar refractivity (Wildman–Crippen MR) is 125 cm³/mol. The summed E-state index contributed by atoms with van der Waals surface area (Å²) in [4.78, 5) is 27.3. The number of anilines is 2. The van der Waals surface area contributed by atoms with Gasteiger partial charge in [0.2, 0.25) is 5.91 Å². The van der Waals surface area contributed by atoms with E-state index in [9.17, 15) is 9.59 Å². The number of aryl methyl sites for hydroxylation is 1. The van der Waals surface area contributed by atoms with Crippen LogP contribution in [-0.2, 0) is 11.8 Å². The number of hydrogen-bond acceptors (Lipinski definition) is 4. The molecule has 4 rings (SSSR count). The van der Waals surface area contributed by atoms with E-state index in [1.54, 1.807) is 55.6 Å². The lowest BCUT2D eigenvalue weighted by molar-refractivity contribution is -0.117. The second kappa shape index (κ2) is 9.70. The van der Waals surface area contributed by atoms with Crippen molar-refractivity contribution < 1.29 is 14.3 Å². The fourth-order valence-electron chi connectivity index (χ4n) is 4.14. The molecule has 2 aromatic carbocycles. The largest absolute Gasteiger partial charge is 0.497 e. The maximum Gasteiger partial charge on any atom is 0.255 e. The van der Waals surface area contributed by atoms with Gasteiger partial charge in [-0.3, -0.25) is 14.5 Å². The minimum absolute atomic E-state index is 0.0541. The standard InChI is InChI=1S/C25H28N4O3/c1-28-15-3-5-22(28)23-6-4-16-29(23)17-24(30)26-19-9-7-18(8-10-19)25(31)27-20-11-13-21(32-2)14-12-20/h3,5,7-15,23H,4,6,16-17H2,1-2H3,(H,26,30)(H,27,31). The molecule has 2 N–H and O–H groups in total. The molecule has 1 fully saturated rings. The average molecular weight is 433 g/mol. The first-order valence-corrected chi connectivity index (χ1v) is 10.7. The van der Waals surface area contributed by atoms with Gasteiger partial charge < -0.3 is 19.9 Å². The van der Waals surface area contributed by atoms with Crippen molar-refractivity contribution in [2.75, 3.05) is 30.8 Å². The van der Waals surface area contributed by atoms with Gasteiger partial charge in [-0.2, -0.15) is 0 Å². The molecule has 0 aliphatic carbocycles. The number of hydrogen-bond donors (Lipinski definition) is 2. The van der Waals surface area contributed by atoms with Crippen molar-refractivity contribution in [3.63, 3.8) is 0 Å². The fourth-order valence-corrected chi connectivity index (χ4v) is 4.14. The first-order valence-electron chi connectivity index (χ1n) is 10.7. The van der Waals surface area contributed by atoms with Crippen LogP contribution in [0, 0.1) is 0 Å². The van der Waals surface area contributed by atoms with E-state index in [0.29, 0.717) is 23.5 Å². The molecule has 1 aliphatic heterocycles. The van der Waals surface area contributed by atoms with Crippen molar-refractivity contribution in [3.05, 3.63) is 78.1 Å². The molecule has 1 saturated heterocycles. The van der Waals surface area contributed by atoms with E-state index in [-0.39, 0.29) is 17.9 Å². The van der Waals surface area contributed by atoms with Gasteiger partial charge in [0.1, 0.15) is 5.75 Å². The van der Waals surface area contributed by atoms with Gasteiger partial charge in [-0.25, -0.2) is 0 Å². The van der Waals surface area contributed by atoms with E-state index in [4.69, 9.17) is 4.74 Å². The molecule has 0 saturated carbocycles. The summed E-state index contributed by atoms with van der Waals surface area (Å²) < 4.78 is 7.25. The van der Waals surface area contributed by atoms with Crippen LogP contribution in [0.5, 0.6) is 5.75 Å². The third-order valence-corrected chi connectivity index (χ3v) is 5.81. The molecular formula is C25H28N4O3. The van der Waals surface area contributed by atoms with E-state index in [0.717, 1.165) is 25.1 Å². The molecule has 7 nitrogen and oxygen atoms in total. The second-order valence-corrected chi connectivity index (χ2v) is 7.98. The van der Waals surface area contributed by atoms with Crippen LogP contribution in [-0.4, -0.2) is 41.5 Å². The minimum Gasteiger partial charge on any atom is -0.497 e. The highest BCUT2D eigenvalue weighted by Gasteiger charge is 2.28. The molecular weight excluding hydrogens is 404 g/mol. The first-order chi connectivity index (χ1) is 15.5.